The number of methoxy groups -OCH3 is 1. The summed E-state index contributed by atoms with van der Waals surface area (Å²) in [4.78, 5) is 4.63. The highest BCUT2D eigenvalue weighted by Gasteiger charge is 2.06. The van der Waals surface area contributed by atoms with Gasteiger partial charge in [0.15, 0.2) is 5.96 Å². The summed E-state index contributed by atoms with van der Waals surface area (Å²) in [5, 5.41) is 14.8. The Labute approximate surface area is 166 Å². The predicted octanol–water partition coefficient (Wildman–Crippen LogP) is 1.78. The highest BCUT2D eigenvalue weighted by Crippen LogP contribution is 1.96. The van der Waals surface area contributed by atoms with Crippen LogP contribution in [0.4, 0.5) is 0 Å². The number of aromatic nitrogens is 3. The molecule has 0 aliphatic heterocycles. The molecule has 2 N–H and O–H groups in total. The van der Waals surface area contributed by atoms with Crippen LogP contribution in [0.5, 0.6) is 0 Å². The van der Waals surface area contributed by atoms with E-state index in [1.165, 1.54) is 0 Å². The van der Waals surface area contributed by atoms with E-state index in [2.05, 4.69) is 50.5 Å². The number of hydrogen-bond acceptors (Lipinski definition) is 5. The van der Waals surface area contributed by atoms with Crippen molar-refractivity contribution >= 4 is 41.7 Å². The van der Waals surface area contributed by atoms with Crippen LogP contribution in [0.15, 0.2) is 11.3 Å². The standard InChI is InChI=1S/C15H30N6OS.HI/c1-5-14-20-18-12-21(14)9-8-17-15(16-7-6-10-23-4)19-13(2)11-22-3;/h12-13H,5-11H2,1-4H3,(H2,16,17,19);1H. The lowest BCUT2D eigenvalue weighted by atomic mass is 10.4. The van der Waals surface area contributed by atoms with Gasteiger partial charge in [-0.05, 0) is 25.4 Å². The first-order valence-electron chi connectivity index (χ1n) is 8.10. The van der Waals surface area contributed by atoms with Gasteiger partial charge in [-0.25, -0.2) is 0 Å². The number of hydrogen-bond donors (Lipinski definition) is 2. The summed E-state index contributed by atoms with van der Waals surface area (Å²) in [5.41, 5.74) is 0. The Hall–Kier alpha value is -0.550. The van der Waals surface area contributed by atoms with Crippen molar-refractivity contribution in [3.8, 4) is 0 Å². The van der Waals surface area contributed by atoms with E-state index < -0.39 is 0 Å². The molecule has 1 aromatic rings. The molecule has 0 bridgehead atoms. The lowest BCUT2D eigenvalue weighted by molar-refractivity contribution is 0.179. The third kappa shape index (κ3) is 9.67. The quantitative estimate of drug-likeness (QED) is 0.222. The van der Waals surface area contributed by atoms with Crippen LogP contribution < -0.4 is 10.6 Å². The summed E-state index contributed by atoms with van der Waals surface area (Å²) in [6.07, 6.45) is 5.86. The Morgan fingerprint density at radius 3 is 2.96 bits per heavy atom. The summed E-state index contributed by atoms with van der Waals surface area (Å²) < 4.78 is 7.24. The Bertz CT molecular complexity index is 457. The molecule has 7 nitrogen and oxygen atoms in total. The van der Waals surface area contributed by atoms with Crippen LogP contribution in [0, 0.1) is 0 Å². The molecule has 1 heterocycles. The molecule has 24 heavy (non-hydrogen) atoms. The van der Waals surface area contributed by atoms with Crippen LogP contribution >= 0.6 is 35.7 Å². The molecule has 0 saturated carbocycles. The number of thioether (sulfide) groups is 1. The Kier molecular flexibility index (Phi) is 14.4. The zero-order chi connectivity index (χ0) is 16.9. The first kappa shape index (κ1) is 23.4. The summed E-state index contributed by atoms with van der Waals surface area (Å²) in [7, 11) is 1.71. The zero-order valence-electron chi connectivity index (χ0n) is 15.1. The van der Waals surface area contributed by atoms with Crippen LogP contribution in [0.2, 0.25) is 0 Å². The zero-order valence-corrected chi connectivity index (χ0v) is 18.3. The van der Waals surface area contributed by atoms with Crippen molar-refractivity contribution in [1.29, 1.82) is 0 Å². The van der Waals surface area contributed by atoms with Gasteiger partial charge in [-0.3, -0.25) is 4.99 Å². The molecular weight excluding hydrogens is 439 g/mol. The number of ether oxygens (including phenoxy) is 1. The molecule has 140 valence electrons. The maximum Gasteiger partial charge on any atom is 0.191 e. The maximum absolute atomic E-state index is 5.17. The SMILES string of the molecule is CCc1nncn1CCNC(=NCCCSC)NC(C)COC.I. The van der Waals surface area contributed by atoms with Crippen LogP contribution in [0.1, 0.15) is 26.1 Å². The van der Waals surface area contributed by atoms with E-state index in [9.17, 15) is 0 Å². The fourth-order valence-corrected chi connectivity index (χ4v) is 2.53. The number of aryl methyl sites for hydroxylation is 1. The van der Waals surface area contributed by atoms with Crippen molar-refractivity contribution in [2.45, 2.75) is 39.3 Å². The monoisotopic (exact) mass is 470 g/mol. The number of aliphatic imine (C=N–C) groups is 1. The summed E-state index contributed by atoms with van der Waals surface area (Å²) in [6.45, 7) is 7.23. The van der Waals surface area contributed by atoms with Crippen molar-refractivity contribution in [2.75, 3.05) is 38.8 Å². The normalized spacial score (nSPS) is 12.6. The number of nitrogens with one attached hydrogen (secondary N) is 2. The maximum atomic E-state index is 5.17. The van der Waals surface area contributed by atoms with Crippen LogP contribution in [-0.2, 0) is 17.7 Å². The molecule has 0 aliphatic carbocycles. The minimum absolute atomic E-state index is 0. The van der Waals surface area contributed by atoms with Crippen molar-refractivity contribution in [3.05, 3.63) is 12.2 Å². The Morgan fingerprint density at radius 2 is 2.29 bits per heavy atom. The largest absolute Gasteiger partial charge is 0.383 e. The van der Waals surface area contributed by atoms with E-state index in [1.807, 2.05) is 11.8 Å². The van der Waals surface area contributed by atoms with Crippen LogP contribution in [0.3, 0.4) is 0 Å². The highest BCUT2D eigenvalue weighted by atomic mass is 127. The van der Waals surface area contributed by atoms with Gasteiger partial charge in [-0.1, -0.05) is 6.92 Å². The minimum atomic E-state index is 0. The topological polar surface area (TPSA) is 76.4 Å². The average Bonchev–Trinajstić information content (AvgIpc) is 2.99. The van der Waals surface area contributed by atoms with E-state index >= 15 is 0 Å². The van der Waals surface area contributed by atoms with E-state index in [0.717, 1.165) is 50.0 Å². The van der Waals surface area contributed by atoms with E-state index in [0.29, 0.717) is 6.61 Å². The van der Waals surface area contributed by atoms with E-state index in [1.54, 1.807) is 13.4 Å². The lowest BCUT2D eigenvalue weighted by Gasteiger charge is -2.18. The highest BCUT2D eigenvalue weighted by molar-refractivity contribution is 14.0. The van der Waals surface area contributed by atoms with E-state index in [4.69, 9.17) is 4.74 Å². The van der Waals surface area contributed by atoms with Crippen LogP contribution in [-0.4, -0.2) is 65.6 Å². The fraction of sp³-hybridized carbons (Fsp3) is 0.800. The minimum Gasteiger partial charge on any atom is -0.383 e. The fourth-order valence-electron chi connectivity index (χ4n) is 2.11. The van der Waals surface area contributed by atoms with Crippen molar-refractivity contribution in [1.82, 2.24) is 25.4 Å². The number of nitrogens with zero attached hydrogens (tertiary/aromatic N) is 4. The second kappa shape index (κ2) is 14.8. The molecule has 0 spiro atoms. The molecule has 1 rings (SSSR count). The molecule has 0 saturated heterocycles. The van der Waals surface area contributed by atoms with Crippen molar-refractivity contribution < 1.29 is 4.74 Å². The molecule has 0 amide bonds. The smallest absolute Gasteiger partial charge is 0.191 e. The first-order chi connectivity index (χ1) is 11.2. The van der Waals surface area contributed by atoms with Gasteiger partial charge in [0.1, 0.15) is 12.2 Å². The summed E-state index contributed by atoms with van der Waals surface area (Å²) in [5.74, 6) is 2.97. The second-order valence-corrected chi connectivity index (χ2v) is 6.28. The van der Waals surface area contributed by atoms with Crippen molar-refractivity contribution in [2.24, 2.45) is 4.99 Å². The molecule has 1 atom stereocenters. The molecule has 0 fully saturated rings. The van der Waals surface area contributed by atoms with Crippen molar-refractivity contribution in [3.63, 3.8) is 0 Å². The number of rotatable bonds is 11. The van der Waals surface area contributed by atoms with E-state index in [-0.39, 0.29) is 30.0 Å². The molecule has 0 radical (unpaired) electrons. The van der Waals surface area contributed by atoms with Gasteiger partial charge in [0, 0.05) is 39.2 Å². The first-order valence-corrected chi connectivity index (χ1v) is 9.50. The van der Waals surface area contributed by atoms with Gasteiger partial charge >= 0.3 is 0 Å². The Balaban J connectivity index is 0.00000529. The Morgan fingerprint density at radius 1 is 1.50 bits per heavy atom. The summed E-state index contributed by atoms with van der Waals surface area (Å²) >= 11 is 1.85. The molecule has 0 aliphatic rings. The number of halogens is 1. The molecular formula is C15H31IN6OS. The van der Waals surface area contributed by atoms with Gasteiger partial charge in [-0.15, -0.1) is 34.2 Å². The third-order valence-electron chi connectivity index (χ3n) is 3.23. The summed E-state index contributed by atoms with van der Waals surface area (Å²) in [6, 6.07) is 0.216. The van der Waals surface area contributed by atoms with Gasteiger partial charge in [-0.2, -0.15) is 11.8 Å². The van der Waals surface area contributed by atoms with Gasteiger partial charge in [0.05, 0.1) is 6.61 Å². The molecule has 0 aromatic carbocycles. The predicted molar refractivity (Wildman–Crippen MR) is 113 cm³/mol. The van der Waals surface area contributed by atoms with Gasteiger partial charge in [0.25, 0.3) is 0 Å². The second-order valence-electron chi connectivity index (χ2n) is 5.30. The third-order valence-corrected chi connectivity index (χ3v) is 3.93. The molecule has 9 heteroatoms. The van der Waals surface area contributed by atoms with Crippen LogP contribution in [0.25, 0.3) is 0 Å². The average molecular weight is 470 g/mol. The lowest BCUT2D eigenvalue weighted by Crippen LogP contribution is -2.45. The van der Waals surface area contributed by atoms with Gasteiger partial charge in [0.2, 0.25) is 0 Å². The van der Waals surface area contributed by atoms with Gasteiger partial charge < -0.3 is 19.9 Å². The number of guanidine groups is 1. The molecule has 1 aromatic heterocycles. The molecule has 1 unspecified atom stereocenters.